The molecule has 0 N–H and O–H groups in total. The van der Waals surface area contributed by atoms with Crippen LogP contribution in [0.5, 0.6) is 11.5 Å². The minimum Gasteiger partial charge on any atom is -0.496 e. The zero-order valence-corrected chi connectivity index (χ0v) is 15.4. The number of hydrogen-bond donors (Lipinski definition) is 0. The molecule has 0 spiro atoms. The van der Waals surface area contributed by atoms with Gasteiger partial charge < -0.3 is 24.2 Å². The van der Waals surface area contributed by atoms with Crippen LogP contribution in [0.4, 0.5) is 4.79 Å². The molecule has 7 nitrogen and oxygen atoms in total. The number of urea groups is 1. The average molecular weight is 349 g/mol. The fraction of sp³-hybridized carbons (Fsp3) is 0.556. The van der Waals surface area contributed by atoms with E-state index in [-0.39, 0.29) is 11.9 Å². The first-order valence-corrected chi connectivity index (χ1v) is 8.61. The first-order chi connectivity index (χ1) is 12.1. The van der Waals surface area contributed by atoms with Crippen molar-refractivity contribution in [2.24, 2.45) is 0 Å². The third kappa shape index (κ3) is 3.97. The SMILES string of the molecule is CCN(CC)C(=O)N1CCN(C(=O)c2c(OC)cccc2OC)CC1. The highest BCUT2D eigenvalue weighted by molar-refractivity contribution is 5.99. The molecule has 138 valence electrons. The van der Waals surface area contributed by atoms with E-state index in [9.17, 15) is 9.59 Å². The minimum absolute atomic E-state index is 0.0342. The van der Waals surface area contributed by atoms with Crippen molar-refractivity contribution in [1.29, 1.82) is 0 Å². The summed E-state index contributed by atoms with van der Waals surface area (Å²) >= 11 is 0. The Balaban J connectivity index is 2.09. The quantitative estimate of drug-likeness (QED) is 0.815. The van der Waals surface area contributed by atoms with Gasteiger partial charge in [-0.15, -0.1) is 0 Å². The molecule has 0 aromatic heterocycles. The predicted octanol–water partition coefficient (Wildman–Crippen LogP) is 1.92. The maximum absolute atomic E-state index is 12.9. The molecular weight excluding hydrogens is 322 g/mol. The molecule has 0 aliphatic carbocycles. The molecule has 0 bridgehead atoms. The number of hydrogen-bond acceptors (Lipinski definition) is 4. The predicted molar refractivity (Wildman–Crippen MR) is 95.3 cm³/mol. The third-order valence-corrected chi connectivity index (χ3v) is 4.51. The molecule has 0 unspecified atom stereocenters. The first-order valence-electron chi connectivity index (χ1n) is 8.61. The Morgan fingerprint density at radius 1 is 0.960 bits per heavy atom. The lowest BCUT2D eigenvalue weighted by atomic mass is 10.1. The van der Waals surface area contributed by atoms with Gasteiger partial charge in [-0.05, 0) is 26.0 Å². The number of methoxy groups -OCH3 is 2. The molecular formula is C18H27N3O4. The summed E-state index contributed by atoms with van der Waals surface area (Å²) in [6.07, 6.45) is 0. The monoisotopic (exact) mass is 349 g/mol. The molecule has 1 fully saturated rings. The van der Waals surface area contributed by atoms with Crippen LogP contribution in [0.1, 0.15) is 24.2 Å². The van der Waals surface area contributed by atoms with Gasteiger partial charge in [0.2, 0.25) is 0 Å². The molecule has 0 saturated carbocycles. The van der Waals surface area contributed by atoms with Crippen LogP contribution >= 0.6 is 0 Å². The molecule has 0 radical (unpaired) electrons. The number of nitrogens with zero attached hydrogens (tertiary/aromatic N) is 3. The van der Waals surface area contributed by atoms with Crippen molar-refractivity contribution in [2.45, 2.75) is 13.8 Å². The van der Waals surface area contributed by atoms with Gasteiger partial charge in [-0.1, -0.05) is 6.07 Å². The number of carbonyl (C=O) groups is 2. The van der Waals surface area contributed by atoms with Crippen LogP contribution in [0.15, 0.2) is 18.2 Å². The Morgan fingerprint density at radius 3 is 1.88 bits per heavy atom. The maximum atomic E-state index is 12.9. The van der Waals surface area contributed by atoms with E-state index in [2.05, 4.69) is 0 Å². The highest BCUT2D eigenvalue weighted by atomic mass is 16.5. The maximum Gasteiger partial charge on any atom is 0.320 e. The number of amides is 3. The topological polar surface area (TPSA) is 62.3 Å². The van der Waals surface area contributed by atoms with E-state index in [1.54, 1.807) is 32.9 Å². The van der Waals surface area contributed by atoms with Crippen molar-refractivity contribution in [3.8, 4) is 11.5 Å². The van der Waals surface area contributed by atoms with E-state index < -0.39 is 0 Å². The molecule has 1 aliphatic heterocycles. The van der Waals surface area contributed by atoms with Crippen LogP contribution in [0.2, 0.25) is 0 Å². The highest BCUT2D eigenvalue weighted by Crippen LogP contribution is 2.29. The van der Waals surface area contributed by atoms with E-state index in [1.165, 1.54) is 14.2 Å². The minimum atomic E-state index is -0.135. The second kappa shape index (κ2) is 8.60. The van der Waals surface area contributed by atoms with Gasteiger partial charge in [0, 0.05) is 39.3 Å². The molecule has 2 rings (SSSR count). The number of ether oxygens (including phenoxy) is 2. The number of rotatable bonds is 5. The van der Waals surface area contributed by atoms with Crippen LogP contribution in [-0.4, -0.2) is 80.1 Å². The summed E-state index contributed by atoms with van der Waals surface area (Å²) in [7, 11) is 3.07. The fourth-order valence-corrected chi connectivity index (χ4v) is 3.02. The van der Waals surface area contributed by atoms with Gasteiger partial charge in [-0.25, -0.2) is 4.79 Å². The standard InChI is InChI=1S/C18H27N3O4/c1-5-19(6-2)18(23)21-12-10-20(11-13-21)17(22)16-14(24-3)8-7-9-15(16)25-4/h7-9H,5-6,10-13H2,1-4H3. The Labute approximate surface area is 149 Å². The van der Waals surface area contributed by atoms with E-state index in [0.29, 0.717) is 56.3 Å². The van der Waals surface area contributed by atoms with Crippen molar-refractivity contribution < 1.29 is 19.1 Å². The molecule has 1 aromatic rings. The Kier molecular flexibility index (Phi) is 6.50. The smallest absolute Gasteiger partial charge is 0.320 e. The summed E-state index contributed by atoms with van der Waals surface area (Å²) in [6, 6.07) is 5.31. The second-order valence-electron chi connectivity index (χ2n) is 5.77. The van der Waals surface area contributed by atoms with Gasteiger partial charge in [-0.2, -0.15) is 0 Å². The van der Waals surface area contributed by atoms with Crippen LogP contribution in [0.3, 0.4) is 0 Å². The average Bonchev–Trinajstić information content (AvgIpc) is 2.67. The number of carbonyl (C=O) groups excluding carboxylic acids is 2. The van der Waals surface area contributed by atoms with Crippen LogP contribution in [-0.2, 0) is 0 Å². The van der Waals surface area contributed by atoms with Crippen LogP contribution in [0, 0.1) is 0 Å². The van der Waals surface area contributed by atoms with Gasteiger partial charge in [0.1, 0.15) is 17.1 Å². The first kappa shape index (κ1) is 18.9. The number of benzene rings is 1. The van der Waals surface area contributed by atoms with Crippen molar-refractivity contribution in [2.75, 3.05) is 53.5 Å². The summed E-state index contributed by atoms with van der Waals surface area (Å²) < 4.78 is 10.6. The summed E-state index contributed by atoms with van der Waals surface area (Å²) in [5.74, 6) is 0.848. The van der Waals surface area contributed by atoms with E-state index >= 15 is 0 Å². The number of piperazine rings is 1. The molecule has 1 heterocycles. The van der Waals surface area contributed by atoms with Crippen LogP contribution < -0.4 is 9.47 Å². The van der Waals surface area contributed by atoms with Crippen molar-refractivity contribution in [1.82, 2.24) is 14.7 Å². The Hall–Kier alpha value is -2.44. The largest absolute Gasteiger partial charge is 0.496 e. The zero-order chi connectivity index (χ0) is 18.4. The lowest BCUT2D eigenvalue weighted by Gasteiger charge is -2.37. The van der Waals surface area contributed by atoms with E-state index in [0.717, 1.165) is 0 Å². The summed E-state index contributed by atoms with van der Waals surface area (Å²) in [5, 5.41) is 0. The Morgan fingerprint density at radius 2 is 1.44 bits per heavy atom. The van der Waals surface area contributed by atoms with Crippen molar-refractivity contribution >= 4 is 11.9 Å². The third-order valence-electron chi connectivity index (χ3n) is 4.51. The lowest BCUT2D eigenvalue weighted by molar-refractivity contribution is 0.0635. The van der Waals surface area contributed by atoms with Crippen molar-refractivity contribution in [3.63, 3.8) is 0 Å². The second-order valence-corrected chi connectivity index (χ2v) is 5.77. The molecule has 1 aromatic carbocycles. The molecule has 7 heteroatoms. The van der Waals surface area contributed by atoms with Crippen LogP contribution in [0.25, 0.3) is 0 Å². The molecule has 3 amide bonds. The van der Waals surface area contributed by atoms with Gasteiger partial charge in [0.25, 0.3) is 5.91 Å². The van der Waals surface area contributed by atoms with Gasteiger partial charge >= 0.3 is 6.03 Å². The highest BCUT2D eigenvalue weighted by Gasteiger charge is 2.29. The van der Waals surface area contributed by atoms with E-state index in [4.69, 9.17) is 9.47 Å². The lowest BCUT2D eigenvalue weighted by Crippen LogP contribution is -2.54. The summed E-state index contributed by atoms with van der Waals surface area (Å²) in [6.45, 7) is 7.35. The fourth-order valence-electron chi connectivity index (χ4n) is 3.02. The summed E-state index contributed by atoms with van der Waals surface area (Å²) in [5.41, 5.74) is 0.427. The van der Waals surface area contributed by atoms with Gasteiger partial charge in [-0.3, -0.25) is 4.79 Å². The summed E-state index contributed by atoms with van der Waals surface area (Å²) in [4.78, 5) is 30.7. The normalized spacial score (nSPS) is 14.2. The van der Waals surface area contributed by atoms with Gasteiger partial charge in [0.05, 0.1) is 14.2 Å². The zero-order valence-electron chi connectivity index (χ0n) is 15.4. The molecule has 25 heavy (non-hydrogen) atoms. The molecule has 0 atom stereocenters. The molecule has 1 aliphatic rings. The van der Waals surface area contributed by atoms with Gasteiger partial charge in [0.15, 0.2) is 0 Å². The Bertz CT molecular complexity index is 586. The molecule has 1 saturated heterocycles. The van der Waals surface area contributed by atoms with E-state index in [1.807, 2.05) is 13.8 Å². The van der Waals surface area contributed by atoms with Crippen molar-refractivity contribution in [3.05, 3.63) is 23.8 Å².